The summed E-state index contributed by atoms with van der Waals surface area (Å²) in [5.74, 6) is 0. The van der Waals surface area contributed by atoms with E-state index in [1.54, 1.807) is 36.4 Å². The van der Waals surface area contributed by atoms with E-state index < -0.39 is 10.0 Å². The molecule has 2 aromatic rings. The van der Waals surface area contributed by atoms with Gasteiger partial charge in [0.15, 0.2) is 0 Å². The second-order valence-corrected chi connectivity index (χ2v) is 6.40. The molecule has 0 aromatic heterocycles. The Morgan fingerprint density at radius 2 is 1.79 bits per heavy atom. The van der Waals surface area contributed by atoms with Crippen LogP contribution in [-0.4, -0.2) is 13.5 Å². The molecule has 0 bridgehead atoms. The van der Waals surface area contributed by atoms with Crippen molar-refractivity contribution in [3.8, 4) is 0 Å². The largest absolute Gasteiger partial charge is 0.392 e. The van der Waals surface area contributed by atoms with Crippen LogP contribution in [0.4, 0.5) is 5.69 Å². The Balaban J connectivity index is 2.35. The summed E-state index contributed by atoms with van der Waals surface area (Å²) in [6, 6.07) is 13.3. The molecule has 19 heavy (non-hydrogen) atoms. The van der Waals surface area contributed by atoms with Gasteiger partial charge in [-0.25, -0.2) is 8.42 Å². The minimum absolute atomic E-state index is 0.133. The van der Waals surface area contributed by atoms with Gasteiger partial charge in [0.1, 0.15) is 4.90 Å². The highest BCUT2D eigenvalue weighted by atomic mass is 79.9. The number of nitrogens with one attached hydrogen (secondary N) is 1. The van der Waals surface area contributed by atoms with E-state index in [4.69, 9.17) is 5.11 Å². The Morgan fingerprint density at radius 1 is 1.11 bits per heavy atom. The molecule has 4 nitrogen and oxygen atoms in total. The van der Waals surface area contributed by atoms with Crippen LogP contribution in [0, 0.1) is 0 Å². The van der Waals surface area contributed by atoms with Crippen molar-refractivity contribution in [1.82, 2.24) is 0 Å². The Labute approximate surface area is 120 Å². The minimum Gasteiger partial charge on any atom is -0.392 e. The number of rotatable bonds is 4. The van der Waals surface area contributed by atoms with Crippen molar-refractivity contribution in [2.45, 2.75) is 11.5 Å². The van der Waals surface area contributed by atoms with E-state index in [9.17, 15) is 8.42 Å². The van der Waals surface area contributed by atoms with Crippen molar-refractivity contribution in [1.29, 1.82) is 0 Å². The number of benzene rings is 2. The van der Waals surface area contributed by atoms with E-state index in [1.165, 1.54) is 6.07 Å². The molecule has 0 spiro atoms. The predicted octanol–water partition coefficient (Wildman–Crippen LogP) is 2.74. The van der Waals surface area contributed by atoms with E-state index in [0.29, 0.717) is 15.7 Å². The van der Waals surface area contributed by atoms with Crippen LogP contribution in [0.25, 0.3) is 0 Å². The van der Waals surface area contributed by atoms with Crippen molar-refractivity contribution in [3.05, 3.63) is 58.6 Å². The first-order valence-electron chi connectivity index (χ1n) is 5.50. The second-order valence-electron chi connectivity index (χ2n) is 3.89. The molecule has 6 heteroatoms. The summed E-state index contributed by atoms with van der Waals surface area (Å²) in [7, 11) is -3.65. The Bertz CT molecular complexity index is 672. The van der Waals surface area contributed by atoms with E-state index >= 15 is 0 Å². The quantitative estimate of drug-likeness (QED) is 0.898. The summed E-state index contributed by atoms with van der Waals surface area (Å²) in [6.45, 7) is -0.134. The summed E-state index contributed by atoms with van der Waals surface area (Å²) in [6.07, 6.45) is 0. The first-order valence-corrected chi connectivity index (χ1v) is 7.78. The molecule has 0 heterocycles. The van der Waals surface area contributed by atoms with Gasteiger partial charge in [-0.1, -0.05) is 24.3 Å². The number of aliphatic hydroxyl groups excluding tert-OH is 1. The average Bonchev–Trinajstić information content (AvgIpc) is 2.38. The summed E-state index contributed by atoms with van der Waals surface area (Å²) in [5, 5.41) is 9.01. The van der Waals surface area contributed by atoms with E-state index in [0.717, 1.165) is 0 Å². The van der Waals surface area contributed by atoms with Gasteiger partial charge in [0.05, 0.1) is 6.61 Å². The molecule has 2 N–H and O–H groups in total. The molecule has 0 saturated carbocycles. The lowest BCUT2D eigenvalue weighted by Gasteiger charge is -2.10. The molecule has 0 radical (unpaired) electrons. The van der Waals surface area contributed by atoms with Crippen LogP contribution in [0.2, 0.25) is 0 Å². The third-order valence-corrected chi connectivity index (χ3v) is 4.85. The molecular weight excluding hydrogens is 330 g/mol. The van der Waals surface area contributed by atoms with Crippen LogP contribution < -0.4 is 4.72 Å². The van der Waals surface area contributed by atoms with Crippen LogP contribution in [0.15, 0.2) is 57.9 Å². The summed E-state index contributed by atoms with van der Waals surface area (Å²) in [5.41, 5.74) is 1.14. The number of hydrogen-bond acceptors (Lipinski definition) is 3. The number of hydrogen-bond donors (Lipinski definition) is 2. The minimum atomic E-state index is -3.65. The van der Waals surface area contributed by atoms with E-state index in [1.807, 2.05) is 6.07 Å². The Morgan fingerprint density at radius 3 is 2.37 bits per heavy atom. The van der Waals surface area contributed by atoms with Crippen LogP contribution in [-0.2, 0) is 16.6 Å². The Kier molecular flexibility index (Phi) is 4.24. The van der Waals surface area contributed by atoms with Crippen LogP contribution in [0.3, 0.4) is 0 Å². The first kappa shape index (κ1) is 14.0. The summed E-state index contributed by atoms with van der Waals surface area (Å²) < 4.78 is 27.3. The van der Waals surface area contributed by atoms with Gasteiger partial charge >= 0.3 is 0 Å². The molecule has 2 aromatic carbocycles. The van der Waals surface area contributed by atoms with E-state index in [2.05, 4.69) is 20.7 Å². The number of aliphatic hydroxyl groups is 1. The van der Waals surface area contributed by atoms with Crippen molar-refractivity contribution >= 4 is 31.6 Å². The zero-order valence-electron chi connectivity index (χ0n) is 9.88. The summed E-state index contributed by atoms with van der Waals surface area (Å²) >= 11 is 3.21. The molecule has 100 valence electrons. The third kappa shape index (κ3) is 3.34. The molecule has 0 atom stereocenters. The lowest BCUT2D eigenvalue weighted by Crippen LogP contribution is -2.13. The molecule has 2 rings (SSSR count). The predicted molar refractivity (Wildman–Crippen MR) is 77.3 cm³/mol. The van der Waals surface area contributed by atoms with Crippen molar-refractivity contribution in [2.75, 3.05) is 4.72 Å². The second kappa shape index (κ2) is 5.73. The van der Waals surface area contributed by atoms with Gasteiger partial charge in [-0.2, -0.15) is 0 Å². The van der Waals surface area contributed by atoms with Gasteiger partial charge in [0.25, 0.3) is 10.0 Å². The normalized spacial score (nSPS) is 11.3. The molecule has 0 unspecified atom stereocenters. The van der Waals surface area contributed by atoms with Crippen molar-refractivity contribution < 1.29 is 13.5 Å². The molecule has 0 aliphatic heterocycles. The SMILES string of the molecule is O=S(=O)(Nc1ccccc1)c1ccc(CO)cc1Br. The number of para-hydroxylation sites is 1. The highest BCUT2D eigenvalue weighted by molar-refractivity contribution is 9.10. The first-order chi connectivity index (χ1) is 9.03. The number of halogens is 1. The lowest BCUT2D eigenvalue weighted by atomic mass is 10.2. The van der Waals surface area contributed by atoms with Crippen molar-refractivity contribution in [2.24, 2.45) is 0 Å². The molecule has 0 fully saturated rings. The maximum Gasteiger partial charge on any atom is 0.263 e. The van der Waals surface area contributed by atoms with Gasteiger partial charge < -0.3 is 5.11 Å². The fraction of sp³-hybridized carbons (Fsp3) is 0.0769. The molecular formula is C13H12BrNO3S. The maximum atomic E-state index is 12.2. The van der Waals surface area contributed by atoms with Crippen molar-refractivity contribution in [3.63, 3.8) is 0 Å². The zero-order valence-corrected chi connectivity index (χ0v) is 12.3. The average molecular weight is 342 g/mol. The molecule has 0 aliphatic carbocycles. The highest BCUT2D eigenvalue weighted by Gasteiger charge is 2.17. The maximum absolute atomic E-state index is 12.2. The lowest BCUT2D eigenvalue weighted by molar-refractivity contribution is 0.281. The third-order valence-electron chi connectivity index (χ3n) is 2.49. The molecule has 0 amide bonds. The van der Waals surface area contributed by atoms with Gasteiger partial charge in [0.2, 0.25) is 0 Å². The number of sulfonamides is 1. The van der Waals surface area contributed by atoms with Crippen LogP contribution in [0.5, 0.6) is 0 Å². The highest BCUT2D eigenvalue weighted by Crippen LogP contribution is 2.25. The Hall–Kier alpha value is -1.37. The number of anilines is 1. The molecule has 0 aliphatic rings. The molecule has 0 saturated heterocycles. The van der Waals surface area contributed by atoms with Crippen LogP contribution in [0.1, 0.15) is 5.56 Å². The summed E-state index contributed by atoms with van der Waals surface area (Å²) in [4.78, 5) is 0.133. The fourth-order valence-corrected chi connectivity index (χ4v) is 3.76. The van der Waals surface area contributed by atoms with Crippen LogP contribution >= 0.6 is 15.9 Å². The van der Waals surface area contributed by atoms with Gasteiger partial charge in [-0.3, -0.25) is 4.72 Å². The van der Waals surface area contributed by atoms with Gasteiger partial charge in [0, 0.05) is 10.2 Å². The van der Waals surface area contributed by atoms with Gasteiger partial charge in [-0.05, 0) is 45.8 Å². The topological polar surface area (TPSA) is 66.4 Å². The monoisotopic (exact) mass is 341 g/mol. The smallest absolute Gasteiger partial charge is 0.263 e. The standard InChI is InChI=1S/C13H12BrNO3S/c14-12-8-10(9-16)6-7-13(12)19(17,18)15-11-4-2-1-3-5-11/h1-8,15-16H,9H2. The van der Waals surface area contributed by atoms with Gasteiger partial charge in [-0.15, -0.1) is 0 Å². The van der Waals surface area contributed by atoms with E-state index in [-0.39, 0.29) is 11.5 Å². The zero-order chi connectivity index (χ0) is 13.9. The fourth-order valence-electron chi connectivity index (χ4n) is 1.58.